The normalized spacial score (nSPS) is 11.8. The third-order valence-electron chi connectivity index (χ3n) is 9.68. The van der Waals surface area contributed by atoms with E-state index < -0.39 is 69.7 Å². The summed E-state index contributed by atoms with van der Waals surface area (Å²) in [5, 5.41) is 8.34. The van der Waals surface area contributed by atoms with Crippen LogP contribution < -0.4 is 22.2 Å². The van der Waals surface area contributed by atoms with E-state index in [0.29, 0.717) is 22.7 Å². The lowest BCUT2D eigenvalue weighted by atomic mass is 10.2. The highest BCUT2D eigenvalue weighted by Crippen LogP contribution is 2.32. The molecule has 0 unspecified atom stereocenters. The molecule has 0 spiro atoms. The highest BCUT2D eigenvalue weighted by atomic mass is 19.4. The maximum atomic E-state index is 12.6. The number of para-hydroxylation sites is 4. The van der Waals surface area contributed by atoms with Crippen LogP contribution in [-0.4, -0.2) is 39.1 Å². The molecular formula is C44H36F12N8O4. The molecule has 8 rings (SSSR count). The maximum absolute atomic E-state index is 12.6. The number of H-pyrrole nitrogens is 4. The second-order valence-electron chi connectivity index (χ2n) is 14.3. The van der Waals surface area contributed by atoms with Crippen molar-refractivity contribution in [2.75, 3.05) is 0 Å². The Balaban J connectivity index is 0.000000169. The van der Waals surface area contributed by atoms with Crippen molar-refractivity contribution in [2.24, 2.45) is 0 Å². The molecular weight excluding hydrogens is 933 g/mol. The molecule has 0 aliphatic carbocycles. The number of nitrogens with zero attached hydrogens (tertiary/aromatic N) is 4. The Morgan fingerprint density at radius 3 is 0.559 bits per heavy atom. The summed E-state index contributed by atoms with van der Waals surface area (Å²) in [5.41, 5.74) is -6.64. The number of halogens is 12. The second kappa shape index (κ2) is 19.9. The molecule has 0 saturated carbocycles. The monoisotopic (exact) mass is 968 g/mol. The average molecular weight is 969 g/mol. The fourth-order valence-corrected chi connectivity index (χ4v) is 6.22. The largest absolute Gasteiger partial charge is 0.433 e. The first-order chi connectivity index (χ1) is 31.6. The van der Waals surface area contributed by atoms with Gasteiger partial charge in [-0.1, -0.05) is 72.8 Å². The van der Waals surface area contributed by atoms with E-state index in [4.69, 9.17) is 0 Å². The molecule has 0 fully saturated rings. The Morgan fingerprint density at radius 2 is 0.441 bits per heavy atom. The van der Waals surface area contributed by atoms with E-state index in [9.17, 15) is 71.9 Å². The lowest BCUT2D eigenvalue weighted by molar-refractivity contribution is -0.142. The standard InChI is InChI=1S/4C11H9F3N2O/c4*1-7-9(11(12,13)14)15-16(10(7)17)8-5-3-2-4-6-8/h4*2-6,15H,1H3. The predicted octanol–water partition coefficient (Wildman–Crippen LogP) is 9.97. The quantitative estimate of drug-likeness (QED) is 0.130. The Labute approximate surface area is 374 Å². The number of aromatic nitrogens is 8. The first-order valence-electron chi connectivity index (χ1n) is 19.4. The number of alkyl halides is 12. The van der Waals surface area contributed by atoms with Crippen molar-refractivity contribution in [1.82, 2.24) is 39.1 Å². The topological polar surface area (TPSA) is 151 Å². The number of nitrogens with one attached hydrogen (secondary N) is 4. The molecule has 4 aromatic carbocycles. The number of hydrogen-bond acceptors (Lipinski definition) is 4. The first kappa shape index (κ1) is 51.1. The van der Waals surface area contributed by atoms with E-state index in [-0.39, 0.29) is 22.3 Å². The molecule has 12 nitrogen and oxygen atoms in total. The molecule has 24 heteroatoms. The van der Waals surface area contributed by atoms with Crippen LogP contribution in [0, 0.1) is 27.7 Å². The van der Waals surface area contributed by atoms with Gasteiger partial charge in [0.15, 0.2) is 0 Å². The molecule has 4 N–H and O–H groups in total. The molecule has 4 heterocycles. The van der Waals surface area contributed by atoms with Crippen LogP contribution in [0.25, 0.3) is 22.7 Å². The second-order valence-corrected chi connectivity index (χ2v) is 14.3. The number of hydrogen-bond donors (Lipinski definition) is 4. The third-order valence-corrected chi connectivity index (χ3v) is 9.68. The molecule has 360 valence electrons. The van der Waals surface area contributed by atoms with E-state index in [1.54, 1.807) is 121 Å². The number of rotatable bonds is 4. The first-order valence-corrected chi connectivity index (χ1v) is 19.4. The van der Waals surface area contributed by atoms with E-state index in [1.165, 1.54) is 0 Å². The van der Waals surface area contributed by atoms with Crippen molar-refractivity contribution in [3.63, 3.8) is 0 Å². The Hall–Kier alpha value is -7.92. The smallest absolute Gasteiger partial charge is 0.286 e. The lowest BCUT2D eigenvalue weighted by Gasteiger charge is -2.04. The zero-order chi connectivity index (χ0) is 50.5. The average Bonchev–Trinajstić information content (AvgIpc) is 3.98. The van der Waals surface area contributed by atoms with Gasteiger partial charge in [0.1, 0.15) is 22.8 Å². The molecule has 0 aliphatic rings. The molecule has 8 aromatic rings. The highest BCUT2D eigenvalue weighted by Gasteiger charge is 2.39. The number of aromatic amines is 4. The SMILES string of the molecule is Cc1c(C(F)(F)F)[nH]n(-c2ccccc2)c1=O.Cc1c(C(F)(F)F)[nH]n(-c2ccccc2)c1=O.Cc1c(C(F)(F)F)[nH]n(-c2ccccc2)c1=O.Cc1c(C(F)(F)F)[nH]n(-c2ccccc2)c1=O. The maximum Gasteiger partial charge on any atom is 0.433 e. The van der Waals surface area contributed by atoms with Crippen molar-refractivity contribution in [3.8, 4) is 22.7 Å². The molecule has 0 amide bonds. The fraction of sp³-hybridized carbons (Fsp3) is 0.182. The van der Waals surface area contributed by atoms with Gasteiger partial charge in [0.05, 0.1) is 22.7 Å². The Bertz CT molecular complexity index is 2750. The van der Waals surface area contributed by atoms with Gasteiger partial charge in [-0.15, -0.1) is 0 Å². The molecule has 4 aromatic heterocycles. The van der Waals surface area contributed by atoms with Crippen LogP contribution in [0.4, 0.5) is 52.7 Å². The van der Waals surface area contributed by atoms with Crippen molar-refractivity contribution in [1.29, 1.82) is 0 Å². The van der Waals surface area contributed by atoms with E-state index in [2.05, 4.69) is 20.4 Å². The molecule has 0 bridgehead atoms. The van der Waals surface area contributed by atoms with Crippen molar-refractivity contribution >= 4 is 0 Å². The summed E-state index contributed by atoms with van der Waals surface area (Å²) in [7, 11) is 0. The van der Waals surface area contributed by atoms with Crippen LogP contribution in [0.3, 0.4) is 0 Å². The van der Waals surface area contributed by atoms with Gasteiger partial charge in [-0.05, 0) is 76.2 Å². The van der Waals surface area contributed by atoms with Gasteiger partial charge in [-0.2, -0.15) is 52.7 Å². The van der Waals surface area contributed by atoms with Gasteiger partial charge in [0.25, 0.3) is 22.2 Å². The summed E-state index contributed by atoms with van der Waals surface area (Å²) in [4.78, 5) is 46.7. The van der Waals surface area contributed by atoms with Gasteiger partial charge in [-0.25, -0.2) is 18.7 Å². The van der Waals surface area contributed by atoms with Crippen LogP contribution in [0.15, 0.2) is 141 Å². The highest BCUT2D eigenvalue weighted by molar-refractivity contribution is 5.36. The van der Waals surface area contributed by atoms with Crippen molar-refractivity contribution in [2.45, 2.75) is 52.4 Å². The fourth-order valence-electron chi connectivity index (χ4n) is 6.22. The molecule has 68 heavy (non-hydrogen) atoms. The van der Waals surface area contributed by atoms with Gasteiger partial charge in [0, 0.05) is 22.3 Å². The van der Waals surface area contributed by atoms with Gasteiger partial charge in [-0.3, -0.25) is 39.6 Å². The summed E-state index contributed by atoms with van der Waals surface area (Å²) >= 11 is 0. The summed E-state index contributed by atoms with van der Waals surface area (Å²) in [5.74, 6) is 0. The predicted molar refractivity (Wildman–Crippen MR) is 225 cm³/mol. The molecule has 0 radical (unpaired) electrons. The van der Waals surface area contributed by atoms with Crippen molar-refractivity contribution in [3.05, 3.63) is 208 Å². The summed E-state index contributed by atoms with van der Waals surface area (Å²) < 4.78 is 154. The molecule has 0 saturated heterocycles. The van der Waals surface area contributed by atoms with Crippen LogP contribution in [0.1, 0.15) is 45.0 Å². The number of benzene rings is 4. The zero-order valence-corrected chi connectivity index (χ0v) is 35.5. The lowest BCUT2D eigenvalue weighted by Crippen LogP contribution is -2.15. The van der Waals surface area contributed by atoms with Crippen LogP contribution in [-0.2, 0) is 24.7 Å². The summed E-state index contributed by atoms with van der Waals surface area (Å²) in [6.07, 6.45) is -18.2. The molecule has 0 aliphatic heterocycles. The van der Waals surface area contributed by atoms with Crippen LogP contribution >= 0.6 is 0 Å². The minimum absolute atomic E-state index is 0.332. The Morgan fingerprint density at radius 1 is 0.294 bits per heavy atom. The van der Waals surface area contributed by atoms with Crippen LogP contribution in [0.2, 0.25) is 0 Å². The Kier molecular flexibility index (Phi) is 14.9. The van der Waals surface area contributed by atoms with Crippen molar-refractivity contribution < 1.29 is 52.7 Å². The summed E-state index contributed by atoms with van der Waals surface area (Å²) in [6.45, 7) is 4.62. The summed E-state index contributed by atoms with van der Waals surface area (Å²) in [6, 6.07) is 32.4. The third kappa shape index (κ3) is 11.5. The van der Waals surface area contributed by atoms with Gasteiger partial charge >= 0.3 is 24.7 Å². The zero-order valence-electron chi connectivity index (χ0n) is 35.5. The van der Waals surface area contributed by atoms with E-state index in [1.807, 2.05) is 0 Å². The minimum Gasteiger partial charge on any atom is -0.286 e. The van der Waals surface area contributed by atoms with E-state index in [0.717, 1.165) is 46.4 Å². The van der Waals surface area contributed by atoms with E-state index >= 15 is 0 Å². The van der Waals surface area contributed by atoms with Crippen LogP contribution in [0.5, 0.6) is 0 Å². The molecule has 0 atom stereocenters. The minimum atomic E-state index is -4.55. The van der Waals surface area contributed by atoms with Gasteiger partial charge in [0.2, 0.25) is 0 Å². The van der Waals surface area contributed by atoms with Gasteiger partial charge < -0.3 is 0 Å².